The van der Waals surface area contributed by atoms with Crippen LogP contribution in [0.2, 0.25) is 0 Å². The van der Waals surface area contributed by atoms with Crippen molar-refractivity contribution in [2.45, 2.75) is 13.8 Å². The lowest BCUT2D eigenvalue weighted by Gasteiger charge is -2.22. The number of carbonyl (C=O) groups excluding carboxylic acids is 1. The van der Waals surface area contributed by atoms with Crippen molar-refractivity contribution in [1.29, 1.82) is 0 Å². The van der Waals surface area contributed by atoms with Gasteiger partial charge in [-0.3, -0.25) is 4.79 Å². The van der Waals surface area contributed by atoms with Gasteiger partial charge in [0.15, 0.2) is 0 Å². The number of halogens is 1. The Balaban J connectivity index is 2.80. The third-order valence-corrected chi connectivity index (χ3v) is 5.33. The van der Waals surface area contributed by atoms with Crippen LogP contribution in [0.1, 0.15) is 12.5 Å². The van der Waals surface area contributed by atoms with Crippen LogP contribution in [0.4, 0.5) is 5.69 Å². The molecule has 0 aromatic heterocycles. The van der Waals surface area contributed by atoms with E-state index in [9.17, 15) is 13.2 Å². The van der Waals surface area contributed by atoms with E-state index < -0.39 is 10.2 Å². The molecule has 0 saturated heterocycles. The SMILES string of the molecule is CC(=O)N(CCNS(=O)(=O)N(C)C)c1ccc(C)c(Br)c1. The molecular weight excluding hydrogens is 358 g/mol. The number of benzene rings is 1. The lowest BCUT2D eigenvalue weighted by atomic mass is 10.2. The summed E-state index contributed by atoms with van der Waals surface area (Å²) in [6.07, 6.45) is 0. The molecule has 0 radical (unpaired) electrons. The maximum atomic E-state index is 11.8. The summed E-state index contributed by atoms with van der Waals surface area (Å²) in [4.78, 5) is 13.3. The lowest BCUT2D eigenvalue weighted by molar-refractivity contribution is -0.116. The molecule has 0 saturated carbocycles. The number of nitrogens with one attached hydrogen (secondary N) is 1. The number of anilines is 1. The van der Waals surface area contributed by atoms with Crippen LogP contribution in [-0.2, 0) is 15.0 Å². The molecule has 118 valence electrons. The van der Waals surface area contributed by atoms with Crippen LogP contribution in [0.3, 0.4) is 0 Å². The Morgan fingerprint density at radius 2 is 1.95 bits per heavy atom. The molecule has 0 aliphatic heterocycles. The summed E-state index contributed by atoms with van der Waals surface area (Å²) in [7, 11) is -0.587. The van der Waals surface area contributed by atoms with Crippen molar-refractivity contribution in [3.63, 3.8) is 0 Å². The topological polar surface area (TPSA) is 69.7 Å². The van der Waals surface area contributed by atoms with E-state index in [0.29, 0.717) is 0 Å². The summed E-state index contributed by atoms with van der Waals surface area (Å²) in [5.74, 6) is -0.144. The zero-order valence-corrected chi connectivity index (χ0v) is 15.0. The Kier molecular flexibility index (Phi) is 6.33. The normalized spacial score (nSPS) is 11.7. The van der Waals surface area contributed by atoms with E-state index in [1.54, 1.807) is 0 Å². The summed E-state index contributed by atoms with van der Waals surface area (Å²) in [6.45, 7) is 3.81. The monoisotopic (exact) mass is 377 g/mol. The molecule has 0 unspecified atom stereocenters. The fourth-order valence-electron chi connectivity index (χ4n) is 1.63. The van der Waals surface area contributed by atoms with Crippen molar-refractivity contribution in [3.8, 4) is 0 Å². The predicted octanol–water partition coefficient (Wildman–Crippen LogP) is 1.51. The summed E-state index contributed by atoms with van der Waals surface area (Å²) in [5.41, 5.74) is 1.79. The molecule has 1 aromatic carbocycles. The Morgan fingerprint density at radius 1 is 1.33 bits per heavy atom. The van der Waals surface area contributed by atoms with Gasteiger partial charge in [-0.1, -0.05) is 22.0 Å². The van der Waals surface area contributed by atoms with Crippen LogP contribution in [-0.4, -0.2) is 45.8 Å². The Morgan fingerprint density at radius 3 is 2.43 bits per heavy atom. The van der Waals surface area contributed by atoms with Crippen LogP contribution in [0, 0.1) is 6.92 Å². The second-order valence-corrected chi connectivity index (χ2v) is 7.61. The minimum atomic E-state index is -3.48. The fourth-order valence-corrected chi connectivity index (χ4v) is 2.61. The van der Waals surface area contributed by atoms with Crippen molar-refractivity contribution in [2.24, 2.45) is 0 Å². The second-order valence-electron chi connectivity index (χ2n) is 4.79. The van der Waals surface area contributed by atoms with Crippen LogP contribution >= 0.6 is 15.9 Å². The molecule has 0 fully saturated rings. The van der Waals surface area contributed by atoms with Gasteiger partial charge in [-0.15, -0.1) is 0 Å². The molecule has 1 amide bonds. The van der Waals surface area contributed by atoms with Crippen LogP contribution in [0.25, 0.3) is 0 Å². The van der Waals surface area contributed by atoms with Crippen LogP contribution in [0.5, 0.6) is 0 Å². The summed E-state index contributed by atoms with van der Waals surface area (Å²) in [5, 5.41) is 0. The molecule has 0 bridgehead atoms. The molecule has 6 nitrogen and oxygen atoms in total. The maximum Gasteiger partial charge on any atom is 0.278 e. The van der Waals surface area contributed by atoms with Crippen LogP contribution < -0.4 is 9.62 Å². The highest BCUT2D eigenvalue weighted by atomic mass is 79.9. The van der Waals surface area contributed by atoms with Gasteiger partial charge >= 0.3 is 0 Å². The van der Waals surface area contributed by atoms with Gasteiger partial charge in [0.05, 0.1) is 0 Å². The molecule has 1 aromatic rings. The minimum absolute atomic E-state index is 0.144. The van der Waals surface area contributed by atoms with E-state index in [1.807, 2.05) is 25.1 Å². The van der Waals surface area contributed by atoms with E-state index in [2.05, 4.69) is 20.7 Å². The molecule has 8 heteroatoms. The summed E-state index contributed by atoms with van der Waals surface area (Å²) >= 11 is 3.43. The summed E-state index contributed by atoms with van der Waals surface area (Å²) < 4.78 is 27.7. The van der Waals surface area contributed by atoms with Crippen molar-refractivity contribution in [1.82, 2.24) is 9.03 Å². The van der Waals surface area contributed by atoms with Gasteiger partial charge in [-0.2, -0.15) is 12.7 Å². The molecule has 0 spiro atoms. The highest BCUT2D eigenvalue weighted by Crippen LogP contribution is 2.23. The van der Waals surface area contributed by atoms with Crippen LogP contribution in [0.15, 0.2) is 22.7 Å². The third kappa shape index (κ3) is 5.06. The Hall–Kier alpha value is -0.960. The molecule has 0 aliphatic rings. The molecule has 1 rings (SSSR count). The standard InChI is InChI=1S/C13H20BrN3O3S/c1-10-5-6-12(9-13(10)14)17(11(2)18)8-7-15-21(19,20)16(3)4/h5-6,9,15H,7-8H2,1-4H3. The van der Waals surface area contributed by atoms with Crippen molar-refractivity contribution >= 4 is 37.7 Å². The van der Waals surface area contributed by atoms with E-state index in [0.717, 1.165) is 20.0 Å². The van der Waals surface area contributed by atoms with Gasteiger partial charge in [-0.25, -0.2) is 4.72 Å². The molecule has 0 atom stereocenters. The lowest BCUT2D eigenvalue weighted by Crippen LogP contribution is -2.41. The quantitative estimate of drug-likeness (QED) is 0.816. The molecule has 1 N–H and O–H groups in total. The van der Waals surface area contributed by atoms with Gasteiger partial charge in [0, 0.05) is 44.3 Å². The minimum Gasteiger partial charge on any atom is -0.311 e. The average molecular weight is 378 g/mol. The van der Waals surface area contributed by atoms with Gasteiger partial charge in [-0.05, 0) is 24.6 Å². The first-order valence-electron chi connectivity index (χ1n) is 6.36. The third-order valence-electron chi connectivity index (χ3n) is 2.95. The van der Waals surface area contributed by atoms with E-state index in [1.165, 1.54) is 25.9 Å². The van der Waals surface area contributed by atoms with Crippen molar-refractivity contribution < 1.29 is 13.2 Å². The van der Waals surface area contributed by atoms with E-state index in [-0.39, 0.29) is 19.0 Å². The maximum absolute atomic E-state index is 11.8. The first kappa shape index (κ1) is 18.1. The van der Waals surface area contributed by atoms with Gasteiger partial charge in [0.2, 0.25) is 5.91 Å². The zero-order valence-electron chi connectivity index (χ0n) is 12.6. The second kappa shape index (κ2) is 7.35. The number of hydrogen-bond donors (Lipinski definition) is 1. The smallest absolute Gasteiger partial charge is 0.278 e. The highest BCUT2D eigenvalue weighted by Gasteiger charge is 2.16. The molecule has 0 heterocycles. The van der Waals surface area contributed by atoms with Gasteiger partial charge < -0.3 is 4.90 Å². The molecule has 21 heavy (non-hydrogen) atoms. The number of amides is 1. The Labute approximate surface area is 134 Å². The first-order chi connectivity index (χ1) is 9.65. The van der Waals surface area contributed by atoms with Crippen molar-refractivity contribution in [3.05, 3.63) is 28.2 Å². The largest absolute Gasteiger partial charge is 0.311 e. The molecular formula is C13H20BrN3O3S. The predicted molar refractivity (Wildman–Crippen MR) is 87.5 cm³/mol. The van der Waals surface area contributed by atoms with E-state index >= 15 is 0 Å². The fraction of sp³-hybridized carbons (Fsp3) is 0.462. The first-order valence-corrected chi connectivity index (χ1v) is 8.60. The number of aryl methyl sites for hydroxylation is 1. The van der Waals surface area contributed by atoms with E-state index in [4.69, 9.17) is 0 Å². The number of rotatable bonds is 6. The highest BCUT2D eigenvalue weighted by molar-refractivity contribution is 9.10. The number of carbonyl (C=O) groups is 1. The number of nitrogens with zero attached hydrogens (tertiary/aromatic N) is 2. The van der Waals surface area contributed by atoms with Crippen molar-refractivity contribution in [2.75, 3.05) is 32.1 Å². The Bertz CT molecular complexity index is 617. The molecule has 0 aliphatic carbocycles. The zero-order chi connectivity index (χ0) is 16.2. The average Bonchev–Trinajstić information content (AvgIpc) is 2.37. The van der Waals surface area contributed by atoms with Gasteiger partial charge in [0.1, 0.15) is 0 Å². The van der Waals surface area contributed by atoms with Gasteiger partial charge in [0.25, 0.3) is 10.2 Å². The number of hydrogen-bond acceptors (Lipinski definition) is 3. The summed E-state index contributed by atoms with van der Waals surface area (Å²) in [6, 6.07) is 5.58.